The Bertz CT molecular complexity index is 1200. The van der Waals surface area contributed by atoms with Gasteiger partial charge in [-0.1, -0.05) is 45.0 Å². The molecule has 0 bridgehead atoms. The Morgan fingerprint density at radius 1 is 0.833 bits per heavy atom. The molecule has 30 heavy (non-hydrogen) atoms. The van der Waals surface area contributed by atoms with Crippen LogP contribution in [0.1, 0.15) is 58.2 Å². The Balaban J connectivity index is 1.74. The van der Waals surface area contributed by atoms with Crippen molar-refractivity contribution >= 4 is 28.6 Å². The molecule has 150 valence electrons. The average molecular weight is 400 g/mol. The molecule has 0 amide bonds. The smallest absolute Gasteiger partial charge is 0.270 e. The number of nitrogens with zero attached hydrogens (tertiary/aromatic N) is 1. The summed E-state index contributed by atoms with van der Waals surface area (Å²) in [6.45, 7) is 6.40. The number of hydrogen-bond donors (Lipinski definition) is 1. The number of fused-ring (bicyclic) bond motifs is 2. The highest BCUT2D eigenvalue weighted by Gasteiger charge is 2.33. The van der Waals surface area contributed by atoms with Crippen LogP contribution in [0.3, 0.4) is 0 Å². The zero-order chi connectivity index (χ0) is 21.6. The van der Waals surface area contributed by atoms with E-state index in [2.05, 4.69) is 26.1 Å². The molecular weight excluding hydrogens is 380 g/mol. The lowest BCUT2D eigenvalue weighted by Crippen LogP contribution is -2.22. The van der Waals surface area contributed by atoms with Crippen LogP contribution in [0.4, 0.5) is 17.1 Å². The predicted octanol–water partition coefficient (Wildman–Crippen LogP) is 5.41. The van der Waals surface area contributed by atoms with Crippen LogP contribution in [0, 0.1) is 10.1 Å². The lowest BCUT2D eigenvalue weighted by molar-refractivity contribution is -0.384. The second kappa shape index (κ2) is 6.91. The summed E-state index contributed by atoms with van der Waals surface area (Å²) in [6.07, 6.45) is 0. The highest BCUT2D eigenvalue weighted by Crippen LogP contribution is 2.35. The van der Waals surface area contributed by atoms with Gasteiger partial charge in [-0.05, 0) is 35.2 Å². The van der Waals surface area contributed by atoms with Crippen molar-refractivity contribution in [3.8, 4) is 0 Å². The molecule has 0 aromatic heterocycles. The van der Waals surface area contributed by atoms with Crippen molar-refractivity contribution in [2.45, 2.75) is 26.2 Å². The first-order valence-electron chi connectivity index (χ1n) is 9.55. The van der Waals surface area contributed by atoms with E-state index < -0.39 is 10.7 Å². The summed E-state index contributed by atoms with van der Waals surface area (Å²) in [4.78, 5) is 36.6. The van der Waals surface area contributed by atoms with Gasteiger partial charge in [0.15, 0.2) is 11.6 Å². The van der Waals surface area contributed by atoms with Crippen molar-refractivity contribution in [3.63, 3.8) is 0 Å². The summed E-state index contributed by atoms with van der Waals surface area (Å²) in [7, 11) is 0. The van der Waals surface area contributed by atoms with Crippen LogP contribution in [0.5, 0.6) is 0 Å². The quantitative estimate of drug-likeness (QED) is 0.367. The molecule has 0 saturated heterocycles. The molecule has 0 saturated carbocycles. The normalized spacial score (nSPS) is 12.9. The molecule has 1 aliphatic carbocycles. The van der Waals surface area contributed by atoms with Crippen LogP contribution >= 0.6 is 0 Å². The number of hydrogen-bond acceptors (Lipinski definition) is 5. The summed E-state index contributed by atoms with van der Waals surface area (Å²) in [6, 6.07) is 16.7. The molecule has 0 atom stereocenters. The number of carbonyl (C=O) groups excluding carboxylic acids is 2. The number of anilines is 2. The molecule has 0 spiro atoms. The van der Waals surface area contributed by atoms with Crippen molar-refractivity contribution in [2.75, 3.05) is 5.32 Å². The molecule has 0 unspecified atom stereocenters. The zero-order valence-corrected chi connectivity index (χ0v) is 16.9. The van der Waals surface area contributed by atoms with Gasteiger partial charge in [0.2, 0.25) is 0 Å². The minimum atomic E-state index is -0.577. The van der Waals surface area contributed by atoms with Crippen molar-refractivity contribution in [1.82, 2.24) is 0 Å². The number of nitro benzene ring substituents is 1. The average Bonchev–Trinajstić information content (AvgIpc) is 2.71. The van der Waals surface area contributed by atoms with E-state index >= 15 is 0 Å². The fourth-order valence-electron chi connectivity index (χ4n) is 3.61. The highest BCUT2D eigenvalue weighted by atomic mass is 16.6. The van der Waals surface area contributed by atoms with E-state index in [-0.39, 0.29) is 39.1 Å². The van der Waals surface area contributed by atoms with Crippen LogP contribution in [0.15, 0.2) is 60.7 Å². The third-order valence-corrected chi connectivity index (χ3v) is 5.27. The van der Waals surface area contributed by atoms with E-state index in [0.29, 0.717) is 5.69 Å². The number of nitrogens with one attached hydrogen (secondary N) is 1. The standard InChI is InChI=1S/C24H20N2O4/c1-24(2,3)14-7-9-15(10-8-14)25-20-6-4-5-18-21(20)23(28)17-12-11-16(26(29)30)13-19(17)22(18)27/h4-13,25H,1-3H3. The summed E-state index contributed by atoms with van der Waals surface area (Å²) in [5.74, 6) is -0.723. The highest BCUT2D eigenvalue weighted by molar-refractivity contribution is 6.30. The van der Waals surface area contributed by atoms with Crippen LogP contribution in [-0.4, -0.2) is 16.5 Å². The van der Waals surface area contributed by atoms with E-state index in [1.165, 1.54) is 23.8 Å². The molecule has 6 heteroatoms. The van der Waals surface area contributed by atoms with Crippen LogP contribution < -0.4 is 5.32 Å². The van der Waals surface area contributed by atoms with Crippen LogP contribution in [0.25, 0.3) is 0 Å². The Labute approximate surface area is 173 Å². The fraction of sp³-hybridized carbons (Fsp3) is 0.167. The third-order valence-electron chi connectivity index (χ3n) is 5.27. The number of non-ortho nitro benzene ring substituents is 1. The SMILES string of the molecule is CC(C)(C)c1ccc(Nc2cccc3c2C(=O)c2ccc([N+](=O)[O-])cc2C3=O)cc1. The first kappa shape index (κ1) is 19.5. The first-order chi connectivity index (χ1) is 14.2. The molecule has 0 heterocycles. The lowest BCUT2D eigenvalue weighted by atomic mass is 9.83. The molecule has 1 aliphatic rings. The maximum atomic E-state index is 13.2. The summed E-state index contributed by atoms with van der Waals surface area (Å²) < 4.78 is 0. The Kier molecular flexibility index (Phi) is 4.50. The van der Waals surface area contributed by atoms with E-state index in [0.717, 1.165) is 5.69 Å². The molecule has 6 nitrogen and oxygen atoms in total. The molecule has 0 fully saturated rings. The zero-order valence-electron chi connectivity index (χ0n) is 16.9. The van der Waals surface area contributed by atoms with Crippen molar-refractivity contribution < 1.29 is 14.5 Å². The van der Waals surface area contributed by atoms with Gasteiger partial charge in [-0.2, -0.15) is 0 Å². The van der Waals surface area contributed by atoms with Gasteiger partial charge in [-0.15, -0.1) is 0 Å². The molecule has 3 aromatic carbocycles. The molecule has 0 aliphatic heterocycles. The van der Waals surface area contributed by atoms with Gasteiger partial charge in [0, 0.05) is 34.5 Å². The predicted molar refractivity (Wildman–Crippen MR) is 115 cm³/mol. The molecular formula is C24H20N2O4. The fourth-order valence-corrected chi connectivity index (χ4v) is 3.61. The number of nitro groups is 1. The van der Waals surface area contributed by atoms with Crippen molar-refractivity contribution in [1.29, 1.82) is 0 Å². The van der Waals surface area contributed by atoms with Gasteiger partial charge in [-0.3, -0.25) is 19.7 Å². The third kappa shape index (κ3) is 3.26. The van der Waals surface area contributed by atoms with Crippen molar-refractivity contribution in [3.05, 3.63) is 98.6 Å². The number of benzene rings is 3. The Morgan fingerprint density at radius 2 is 1.53 bits per heavy atom. The Hall–Kier alpha value is -3.80. The van der Waals surface area contributed by atoms with Gasteiger partial charge >= 0.3 is 0 Å². The van der Waals surface area contributed by atoms with E-state index in [1.807, 2.05) is 24.3 Å². The second-order valence-electron chi connectivity index (χ2n) is 8.33. The first-order valence-corrected chi connectivity index (χ1v) is 9.55. The Morgan fingerprint density at radius 3 is 2.17 bits per heavy atom. The minimum absolute atomic E-state index is 0.0269. The van der Waals surface area contributed by atoms with Gasteiger partial charge < -0.3 is 5.32 Å². The minimum Gasteiger partial charge on any atom is -0.355 e. The van der Waals surface area contributed by atoms with Gasteiger partial charge in [0.1, 0.15) is 0 Å². The number of carbonyl (C=O) groups is 2. The van der Waals surface area contributed by atoms with Crippen LogP contribution in [0.2, 0.25) is 0 Å². The number of ketones is 2. The van der Waals surface area contributed by atoms with E-state index in [1.54, 1.807) is 18.2 Å². The maximum absolute atomic E-state index is 13.2. The lowest BCUT2D eigenvalue weighted by Gasteiger charge is -2.22. The second-order valence-corrected chi connectivity index (χ2v) is 8.33. The summed E-state index contributed by atoms with van der Waals surface area (Å²) in [5, 5.41) is 14.3. The van der Waals surface area contributed by atoms with E-state index in [4.69, 9.17) is 0 Å². The maximum Gasteiger partial charge on any atom is 0.270 e. The van der Waals surface area contributed by atoms with Gasteiger partial charge in [-0.25, -0.2) is 0 Å². The monoisotopic (exact) mass is 400 g/mol. The topological polar surface area (TPSA) is 89.3 Å². The molecule has 0 radical (unpaired) electrons. The van der Waals surface area contributed by atoms with Gasteiger partial charge in [0.05, 0.1) is 16.2 Å². The van der Waals surface area contributed by atoms with E-state index in [9.17, 15) is 19.7 Å². The summed E-state index contributed by atoms with van der Waals surface area (Å²) in [5.41, 5.74) is 3.08. The number of rotatable bonds is 3. The molecule has 4 rings (SSSR count). The summed E-state index contributed by atoms with van der Waals surface area (Å²) >= 11 is 0. The molecule has 1 N–H and O–H groups in total. The van der Waals surface area contributed by atoms with Gasteiger partial charge in [0.25, 0.3) is 5.69 Å². The van der Waals surface area contributed by atoms with Crippen LogP contribution in [-0.2, 0) is 5.41 Å². The largest absolute Gasteiger partial charge is 0.355 e. The van der Waals surface area contributed by atoms with Crippen molar-refractivity contribution in [2.24, 2.45) is 0 Å². The molecule has 3 aromatic rings.